The molecule has 0 bridgehead atoms. The van der Waals surface area contributed by atoms with E-state index in [2.05, 4.69) is 39.9 Å². The number of hydrogen-bond acceptors (Lipinski definition) is 7. The quantitative estimate of drug-likeness (QED) is 0.194. The Morgan fingerprint density at radius 2 is 1.83 bits per heavy atom. The van der Waals surface area contributed by atoms with Crippen LogP contribution in [-0.4, -0.2) is 28.0 Å². The number of hydrogen-bond donors (Lipinski definition) is 0. The van der Waals surface area contributed by atoms with Gasteiger partial charge in [0.15, 0.2) is 0 Å². The van der Waals surface area contributed by atoms with E-state index in [1.54, 1.807) is 30.3 Å². The summed E-state index contributed by atoms with van der Waals surface area (Å²) in [6, 6.07) is 16.0. The molecule has 1 unspecified atom stereocenters. The third kappa shape index (κ3) is 5.81. The lowest BCUT2D eigenvalue weighted by molar-refractivity contribution is -0.141. The van der Waals surface area contributed by atoms with Crippen LogP contribution in [0.15, 0.2) is 48.5 Å². The van der Waals surface area contributed by atoms with E-state index in [1.807, 2.05) is 12.1 Å². The van der Waals surface area contributed by atoms with Crippen molar-refractivity contribution in [2.75, 3.05) is 13.7 Å². The molecule has 1 aliphatic heterocycles. The molecule has 220 valence electrons. The minimum Gasteiger partial charge on any atom is -0.543 e. The molecule has 0 saturated heterocycles. The molecule has 0 fully saturated rings. The lowest BCUT2D eigenvalue weighted by atomic mass is 9.98. The Bertz CT molecular complexity index is 1560. The number of methoxy groups -OCH3 is 1. The topological polar surface area (TPSA) is 87.0 Å². The van der Waals surface area contributed by atoms with Crippen molar-refractivity contribution in [3.63, 3.8) is 0 Å². The highest BCUT2D eigenvalue weighted by Crippen LogP contribution is 2.45. The van der Waals surface area contributed by atoms with Gasteiger partial charge < -0.3 is 23.4 Å². The van der Waals surface area contributed by atoms with Crippen LogP contribution in [0.2, 0.25) is 18.1 Å². The van der Waals surface area contributed by atoms with Gasteiger partial charge in [0.05, 0.1) is 25.7 Å². The lowest BCUT2D eigenvalue weighted by Gasteiger charge is -2.36. The second kappa shape index (κ2) is 11.3. The van der Waals surface area contributed by atoms with Gasteiger partial charge in [-0.05, 0) is 61.3 Å². The van der Waals surface area contributed by atoms with Crippen LogP contribution in [0.3, 0.4) is 0 Å². The fourth-order valence-electron chi connectivity index (χ4n) is 5.11. The Balaban J connectivity index is 1.34. The number of ether oxygens (including phenoxy) is 4. The van der Waals surface area contributed by atoms with Crippen LogP contribution in [0, 0.1) is 17.1 Å². The number of nitrogens with zero attached hydrogens (tertiary/aromatic N) is 1. The van der Waals surface area contributed by atoms with Crippen LogP contribution >= 0.6 is 0 Å². The van der Waals surface area contributed by atoms with Crippen molar-refractivity contribution in [1.82, 2.24) is 0 Å². The molecule has 3 aromatic rings. The monoisotopic (exact) mass is 589 g/mol. The van der Waals surface area contributed by atoms with Gasteiger partial charge in [-0.1, -0.05) is 26.8 Å². The van der Waals surface area contributed by atoms with E-state index >= 15 is 4.39 Å². The first-order valence-electron chi connectivity index (χ1n) is 14.1. The summed E-state index contributed by atoms with van der Waals surface area (Å²) in [4.78, 5) is 11.7. The minimum absolute atomic E-state index is 0.0120. The predicted octanol–water partition coefficient (Wildman–Crippen LogP) is 7.98. The molecule has 42 heavy (non-hydrogen) atoms. The number of rotatable bonds is 8. The van der Waals surface area contributed by atoms with E-state index < -0.39 is 14.4 Å². The molecular formula is C33H36FNO6Si. The van der Waals surface area contributed by atoms with Crippen LogP contribution in [0.5, 0.6) is 28.7 Å². The van der Waals surface area contributed by atoms with Gasteiger partial charge in [-0.15, -0.1) is 0 Å². The Labute approximate surface area is 247 Å². The van der Waals surface area contributed by atoms with Gasteiger partial charge in [0.25, 0.3) is 8.32 Å². The summed E-state index contributed by atoms with van der Waals surface area (Å²) in [6.07, 6.45) is 0.908. The Morgan fingerprint density at radius 3 is 2.55 bits per heavy atom. The van der Waals surface area contributed by atoms with Crippen molar-refractivity contribution in [2.24, 2.45) is 0 Å². The Morgan fingerprint density at radius 1 is 1.10 bits per heavy atom. The number of benzene rings is 3. The molecule has 3 aromatic carbocycles. The molecule has 0 radical (unpaired) electrons. The molecule has 1 heterocycles. The molecule has 0 saturated carbocycles. The zero-order valence-electron chi connectivity index (χ0n) is 24.9. The first-order valence-corrected chi connectivity index (χ1v) is 17.0. The van der Waals surface area contributed by atoms with Gasteiger partial charge in [0.1, 0.15) is 46.7 Å². The van der Waals surface area contributed by atoms with Gasteiger partial charge in [-0.2, -0.15) is 5.26 Å². The maximum absolute atomic E-state index is 15.2. The van der Waals surface area contributed by atoms with Gasteiger partial charge >= 0.3 is 5.97 Å². The van der Waals surface area contributed by atoms with Gasteiger partial charge in [0, 0.05) is 34.7 Å². The molecule has 7 nitrogen and oxygen atoms in total. The molecular weight excluding hydrogens is 553 g/mol. The summed E-state index contributed by atoms with van der Waals surface area (Å²) >= 11 is 0. The summed E-state index contributed by atoms with van der Waals surface area (Å²) < 4.78 is 44.6. The highest BCUT2D eigenvalue weighted by atomic mass is 28.4. The molecule has 5 rings (SSSR count). The van der Waals surface area contributed by atoms with Crippen molar-refractivity contribution < 1.29 is 32.6 Å². The van der Waals surface area contributed by atoms with E-state index in [1.165, 1.54) is 13.2 Å². The standard InChI is InChI=1S/C33H36FNO6Si/c1-33(2,3)42(5,6)41-27-12-8-22(15-20(27)18-35)39-28-14-11-26(34)32-25(28)10-13-29(32)40-23-7-9-24-21(16-31(36)37-4)19-38-30(24)17-23/h7-9,11-12,14-15,17,21,29H,10,13,16,19H2,1-6H3/t21?,29-/m1/s1. The summed E-state index contributed by atoms with van der Waals surface area (Å²) in [6.45, 7) is 11.1. The number of halogens is 1. The number of esters is 1. The first kappa shape index (κ1) is 29.5. The van der Waals surface area contributed by atoms with Gasteiger partial charge in [0.2, 0.25) is 0 Å². The number of carbonyl (C=O) groups is 1. The minimum atomic E-state index is -2.14. The summed E-state index contributed by atoms with van der Waals surface area (Å²) in [7, 11) is -0.766. The molecule has 0 spiro atoms. The SMILES string of the molecule is COC(=O)CC1COc2cc(O[C@@H]3CCc4c(Oc5ccc(O[Si](C)(C)C(C)(C)C)c(C#N)c5)ccc(F)c43)ccc21. The van der Waals surface area contributed by atoms with E-state index in [9.17, 15) is 10.1 Å². The maximum Gasteiger partial charge on any atom is 0.306 e. The van der Waals surface area contributed by atoms with E-state index in [0.29, 0.717) is 59.3 Å². The largest absolute Gasteiger partial charge is 0.543 e. The van der Waals surface area contributed by atoms with Crippen molar-refractivity contribution in [2.45, 2.75) is 70.2 Å². The zero-order valence-corrected chi connectivity index (χ0v) is 25.9. The molecule has 0 amide bonds. The van der Waals surface area contributed by atoms with Crippen molar-refractivity contribution in [1.29, 1.82) is 5.26 Å². The summed E-state index contributed by atoms with van der Waals surface area (Å²) in [5.41, 5.74) is 2.54. The smallest absolute Gasteiger partial charge is 0.306 e. The molecule has 0 aromatic heterocycles. The normalized spacial score (nSPS) is 17.5. The van der Waals surface area contributed by atoms with Crippen molar-refractivity contribution in [3.05, 3.63) is 76.6 Å². The number of fused-ring (bicyclic) bond motifs is 2. The second-order valence-corrected chi connectivity index (χ2v) is 17.0. The lowest BCUT2D eigenvalue weighted by Crippen LogP contribution is -2.44. The number of nitriles is 1. The van der Waals surface area contributed by atoms with Crippen molar-refractivity contribution >= 4 is 14.3 Å². The highest BCUT2D eigenvalue weighted by Gasteiger charge is 2.39. The average molecular weight is 590 g/mol. The van der Waals surface area contributed by atoms with Crippen LogP contribution in [-0.2, 0) is 16.0 Å². The first-order chi connectivity index (χ1) is 19.9. The Hall–Kier alpha value is -4.03. The van der Waals surface area contributed by atoms with Gasteiger partial charge in [-0.25, -0.2) is 4.39 Å². The molecule has 9 heteroatoms. The van der Waals surface area contributed by atoms with Crippen molar-refractivity contribution in [3.8, 4) is 34.8 Å². The maximum atomic E-state index is 15.2. The van der Waals surface area contributed by atoms with Crippen LogP contribution in [0.4, 0.5) is 4.39 Å². The average Bonchev–Trinajstić information content (AvgIpc) is 3.55. The van der Waals surface area contributed by atoms with Crippen LogP contribution in [0.25, 0.3) is 0 Å². The number of carbonyl (C=O) groups excluding carboxylic acids is 1. The summed E-state index contributed by atoms with van der Waals surface area (Å²) in [5.74, 6) is 2.06. The van der Waals surface area contributed by atoms with E-state index in [-0.39, 0.29) is 29.2 Å². The third-order valence-electron chi connectivity index (χ3n) is 8.49. The summed E-state index contributed by atoms with van der Waals surface area (Å²) in [5, 5.41) is 9.82. The molecule has 2 aliphatic rings. The molecule has 2 atom stereocenters. The highest BCUT2D eigenvalue weighted by molar-refractivity contribution is 6.74. The fraction of sp³-hybridized carbons (Fsp3) is 0.394. The molecule has 1 aliphatic carbocycles. The zero-order chi connectivity index (χ0) is 30.2. The molecule has 0 N–H and O–H groups in total. The second-order valence-electron chi connectivity index (χ2n) is 12.3. The van der Waals surface area contributed by atoms with E-state index in [4.69, 9.17) is 23.4 Å². The van der Waals surface area contributed by atoms with Gasteiger partial charge in [-0.3, -0.25) is 4.79 Å². The third-order valence-corrected chi connectivity index (χ3v) is 12.8. The Kier molecular flexibility index (Phi) is 7.95. The van der Waals surface area contributed by atoms with Crippen LogP contribution in [0.1, 0.15) is 67.9 Å². The van der Waals surface area contributed by atoms with Crippen LogP contribution < -0.4 is 18.6 Å². The predicted molar refractivity (Wildman–Crippen MR) is 158 cm³/mol. The van der Waals surface area contributed by atoms with E-state index in [0.717, 1.165) is 11.1 Å². The fourth-order valence-corrected chi connectivity index (χ4v) is 6.14.